The molecule has 0 radical (unpaired) electrons. The molecule has 9 heteroatoms. The van der Waals surface area contributed by atoms with Gasteiger partial charge in [0.2, 0.25) is 0 Å². The molecule has 0 saturated carbocycles. The molecule has 0 bridgehead atoms. The van der Waals surface area contributed by atoms with Gasteiger partial charge >= 0.3 is 5.97 Å². The highest BCUT2D eigenvalue weighted by Gasteiger charge is 2.37. The third-order valence-electron chi connectivity index (χ3n) is 5.80. The van der Waals surface area contributed by atoms with E-state index in [0.29, 0.717) is 22.7 Å². The average Bonchev–Trinajstić information content (AvgIpc) is 3.27. The first kappa shape index (κ1) is 25.0. The topological polar surface area (TPSA) is 145 Å². The van der Waals surface area contributed by atoms with E-state index in [9.17, 15) is 15.3 Å². The number of para-hydroxylation sites is 2. The Morgan fingerprint density at radius 2 is 1.84 bits per heavy atom. The molecule has 1 aliphatic heterocycles. The first-order valence-electron chi connectivity index (χ1n) is 11.3. The lowest BCUT2D eigenvalue weighted by Gasteiger charge is -2.21. The fourth-order valence-electron chi connectivity index (χ4n) is 3.90. The minimum Gasteiger partial charge on any atom is -0.493 e. The number of nitriles is 2. The van der Waals surface area contributed by atoms with Gasteiger partial charge in [0.1, 0.15) is 24.8 Å². The van der Waals surface area contributed by atoms with Crippen LogP contribution in [0, 0.1) is 28.6 Å². The van der Waals surface area contributed by atoms with Crippen LogP contribution in [0.2, 0.25) is 0 Å². The van der Waals surface area contributed by atoms with E-state index in [2.05, 4.69) is 17.2 Å². The van der Waals surface area contributed by atoms with Crippen LogP contribution >= 0.6 is 0 Å². The number of hydrazone groups is 1. The summed E-state index contributed by atoms with van der Waals surface area (Å²) < 4.78 is 11.5. The minimum atomic E-state index is -1.01. The van der Waals surface area contributed by atoms with Crippen LogP contribution in [0.25, 0.3) is 6.08 Å². The fraction of sp³-hybridized carbons (Fsp3) is 0.143. The number of nitrogens with two attached hydrogens (primary N) is 1. The van der Waals surface area contributed by atoms with Crippen LogP contribution in [0.3, 0.4) is 0 Å². The lowest BCUT2D eigenvalue weighted by molar-refractivity contribution is 0.0697. The molecule has 4 rings (SSSR count). The number of nitrogens with zero attached hydrogens (tertiary/aromatic N) is 4. The molecule has 0 aromatic heterocycles. The number of carboxylic acids is 1. The van der Waals surface area contributed by atoms with Crippen molar-refractivity contribution in [3.05, 3.63) is 95.1 Å². The first-order valence-corrected chi connectivity index (χ1v) is 11.3. The first-order chi connectivity index (χ1) is 18.0. The van der Waals surface area contributed by atoms with Gasteiger partial charge in [0.15, 0.2) is 11.5 Å². The fourth-order valence-corrected chi connectivity index (χ4v) is 3.90. The third-order valence-corrected chi connectivity index (χ3v) is 5.80. The zero-order valence-corrected chi connectivity index (χ0v) is 19.9. The smallest absolute Gasteiger partial charge is 0.335 e. The molecule has 0 saturated heterocycles. The van der Waals surface area contributed by atoms with Crippen molar-refractivity contribution in [1.29, 1.82) is 10.5 Å². The molecular weight excluding hydrogens is 470 g/mol. The third kappa shape index (κ3) is 5.27. The Kier molecular flexibility index (Phi) is 7.48. The van der Waals surface area contributed by atoms with Gasteiger partial charge in [-0.25, -0.2) is 9.80 Å². The Balaban J connectivity index is 1.68. The molecule has 0 aliphatic carbocycles. The van der Waals surface area contributed by atoms with Crippen molar-refractivity contribution < 1.29 is 19.4 Å². The summed E-state index contributed by atoms with van der Waals surface area (Å²) in [5.41, 5.74) is 8.95. The molecule has 2 atom stereocenters. The van der Waals surface area contributed by atoms with Gasteiger partial charge in [0, 0.05) is 5.56 Å². The highest BCUT2D eigenvalue weighted by atomic mass is 16.5. The second-order valence-electron chi connectivity index (χ2n) is 8.10. The molecule has 3 aromatic rings. The summed E-state index contributed by atoms with van der Waals surface area (Å²) in [5, 5.41) is 35.0. The summed E-state index contributed by atoms with van der Waals surface area (Å²) in [7, 11) is 1.51. The molecule has 1 aliphatic rings. The quantitative estimate of drug-likeness (QED) is 0.445. The van der Waals surface area contributed by atoms with Crippen LogP contribution < -0.4 is 20.2 Å². The Morgan fingerprint density at radius 1 is 1.11 bits per heavy atom. The second kappa shape index (κ2) is 11.1. The number of hydrogen-bond donors (Lipinski definition) is 2. The molecule has 3 N–H and O–H groups in total. The standard InChI is InChI=1S/C28H23N5O4/c1-36-24-9-5-6-20(26(24)37-17-18-10-12-19(13-11-18)28(34)35)14-21(15-29)25-23(16-30)27(31)33(32-25)22-7-3-2-4-8-22/h2-14,23,27H,17,31H2,1H3,(H,34,35)/b21-14-/t23-,27-/m0/s1. The van der Waals surface area contributed by atoms with Gasteiger partial charge in [0.05, 0.1) is 35.7 Å². The maximum absolute atomic E-state index is 11.1. The number of carbonyl (C=O) groups is 1. The highest BCUT2D eigenvalue weighted by Crippen LogP contribution is 2.35. The number of rotatable bonds is 8. The summed E-state index contributed by atoms with van der Waals surface area (Å²) in [6, 6.07) is 25.1. The average molecular weight is 494 g/mol. The SMILES string of the molecule is COc1cccc(/C=C(/C#N)C2=NN(c3ccccc3)[C@H](N)[C@H]2C#N)c1OCc1ccc(C(=O)O)cc1. The number of methoxy groups -OCH3 is 1. The van der Waals surface area contributed by atoms with Crippen molar-refractivity contribution in [2.45, 2.75) is 12.8 Å². The normalized spacial score (nSPS) is 16.9. The molecule has 0 spiro atoms. The van der Waals surface area contributed by atoms with Crippen LogP contribution in [0.4, 0.5) is 5.69 Å². The molecule has 37 heavy (non-hydrogen) atoms. The summed E-state index contributed by atoms with van der Waals surface area (Å²) in [5.74, 6) is -1.00. The van der Waals surface area contributed by atoms with Crippen LogP contribution in [0.5, 0.6) is 11.5 Å². The lowest BCUT2D eigenvalue weighted by atomic mass is 9.95. The zero-order chi connectivity index (χ0) is 26.4. The summed E-state index contributed by atoms with van der Waals surface area (Å²) in [6.45, 7) is 0.136. The Labute approximate surface area is 213 Å². The zero-order valence-electron chi connectivity index (χ0n) is 19.9. The number of carboxylic acid groups (broad SMARTS) is 1. The maximum atomic E-state index is 11.1. The van der Waals surface area contributed by atoms with Crippen molar-refractivity contribution in [2.24, 2.45) is 16.8 Å². The molecule has 0 fully saturated rings. The molecular formula is C28H23N5O4. The van der Waals surface area contributed by atoms with E-state index in [4.69, 9.17) is 20.3 Å². The second-order valence-corrected chi connectivity index (χ2v) is 8.10. The van der Waals surface area contributed by atoms with Crippen LogP contribution in [0.1, 0.15) is 21.5 Å². The lowest BCUT2D eigenvalue weighted by Crippen LogP contribution is -2.40. The van der Waals surface area contributed by atoms with Crippen LogP contribution in [-0.4, -0.2) is 30.1 Å². The summed E-state index contributed by atoms with van der Waals surface area (Å²) in [6.07, 6.45) is 0.837. The van der Waals surface area contributed by atoms with E-state index in [1.54, 1.807) is 36.4 Å². The number of aromatic carboxylic acids is 1. The number of hydrogen-bond acceptors (Lipinski definition) is 8. The number of anilines is 1. The van der Waals surface area contributed by atoms with Crippen LogP contribution in [0.15, 0.2) is 83.5 Å². The molecule has 9 nitrogen and oxygen atoms in total. The summed E-state index contributed by atoms with van der Waals surface area (Å²) in [4.78, 5) is 11.1. The highest BCUT2D eigenvalue weighted by molar-refractivity contribution is 6.12. The van der Waals surface area contributed by atoms with E-state index in [0.717, 1.165) is 5.56 Å². The van der Waals surface area contributed by atoms with Crippen molar-refractivity contribution >= 4 is 23.4 Å². The van der Waals surface area contributed by atoms with Crippen molar-refractivity contribution in [2.75, 3.05) is 12.1 Å². The van der Waals surface area contributed by atoms with Crippen molar-refractivity contribution in [3.63, 3.8) is 0 Å². The Bertz CT molecular complexity index is 1440. The van der Waals surface area contributed by atoms with Gasteiger partial charge in [0.25, 0.3) is 0 Å². The van der Waals surface area contributed by atoms with Gasteiger partial charge in [-0.2, -0.15) is 15.6 Å². The van der Waals surface area contributed by atoms with Gasteiger partial charge in [-0.1, -0.05) is 42.5 Å². The number of benzene rings is 3. The summed E-state index contributed by atoms with van der Waals surface area (Å²) >= 11 is 0. The minimum absolute atomic E-state index is 0.136. The predicted molar refractivity (Wildman–Crippen MR) is 138 cm³/mol. The van der Waals surface area contributed by atoms with Gasteiger partial charge < -0.3 is 20.3 Å². The Morgan fingerprint density at radius 3 is 2.46 bits per heavy atom. The molecule has 0 amide bonds. The van der Waals surface area contributed by atoms with Crippen molar-refractivity contribution in [3.8, 4) is 23.6 Å². The van der Waals surface area contributed by atoms with Gasteiger partial charge in [-0.3, -0.25) is 0 Å². The Hall–Kier alpha value is -5.12. The van der Waals surface area contributed by atoms with E-state index in [1.807, 2.05) is 30.3 Å². The molecule has 1 heterocycles. The molecule has 184 valence electrons. The van der Waals surface area contributed by atoms with Crippen LogP contribution in [-0.2, 0) is 6.61 Å². The van der Waals surface area contributed by atoms with Crippen molar-refractivity contribution in [1.82, 2.24) is 0 Å². The van der Waals surface area contributed by atoms with E-state index in [1.165, 1.54) is 24.3 Å². The van der Waals surface area contributed by atoms with Gasteiger partial charge in [-0.05, 0) is 42.0 Å². The predicted octanol–water partition coefficient (Wildman–Crippen LogP) is 4.18. The number of allylic oxidation sites excluding steroid dienone is 1. The molecule has 3 aromatic carbocycles. The van der Waals surface area contributed by atoms with Gasteiger partial charge in [-0.15, -0.1) is 0 Å². The maximum Gasteiger partial charge on any atom is 0.335 e. The van der Waals surface area contributed by atoms with E-state index >= 15 is 0 Å². The van der Waals surface area contributed by atoms with E-state index in [-0.39, 0.29) is 23.5 Å². The van der Waals surface area contributed by atoms with E-state index < -0.39 is 18.1 Å². The monoisotopic (exact) mass is 493 g/mol. The number of ether oxygens (including phenoxy) is 2. The molecule has 0 unspecified atom stereocenters. The largest absolute Gasteiger partial charge is 0.493 e.